The van der Waals surface area contributed by atoms with Gasteiger partial charge in [0.15, 0.2) is 6.04 Å². The summed E-state index contributed by atoms with van der Waals surface area (Å²) in [6.07, 6.45) is 0. The van der Waals surface area contributed by atoms with Crippen molar-refractivity contribution in [3.05, 3.63) is 0 Å². The van der Waals surface area contributed by atoms with Crippen molar-refractivity contribution in [3.63, 3.8) is 0 Å². The van der Waals surface area contributed by atoms with Gasteiger partial charge >= 0.3 is 5.97 Å². The van der Waals surface area contributed by atoms with E-state index in [-0.39, 0.29) is 12.4 Å². The third-order valence-electron chi connectivity index (χ3n) is 1.45. The van der Waals surface area contributed by atoms with Gasteiger partial charge in [0.05, 0.1) is 0 Å². The highest BCUT2D eigenvalue weighted by molar-refractivity contribution is 5.85. The molecule has 12 heavy (non-hydrogen) atoms. The molecule has 0 aromatic rings. The van der Waals surface area contributed by atoms with Gasteiger partial charge in [-0.3, -0.25) is 4.79 Å². The molecule has 0 aromatic heterocycles. The fourth-order valence-corrected chi connectivity index (χ4v) is 0.524. The first-order valence-electron chi connectivity index (χ1n) is 3.16. The van der Waals surface area contributed by atoms with E-state index in [0.717, 1.165) is 0 Å². The molecule has 0 bridgehead atoms. The third-order valence-corrected chi connectivity index (χ3v) is 1.45. The summed E-state index contributed by atoms with van der Waals surface area (Å²) in [6.45, 7) is 2.45. The first-order chi connectivity index (χ1) is 4.80. The first-order valence-corrected chi connectivity index (χ1v) is 3.16. The van der Waals surface area contributed by atoms with Crippen molar-refractivity contribution in [3.8, 4) is 0 Å². The Morgan fingerprint density at radius 3 is 1.92 bits per heavy atom. The summed E-state index contributed by atoms with van der Waals surface area (Å²) in [5, 5.41) is 8.16. The maximum absolute atomic E-state index is 12.7. The highest BCUT2D eigenvalue weighted by atomic mass is 35.5. The van der Waals surface area contributed by atoms with Gasteiger partial charge in [-0.15, -0.1) is 12.4 Å². The predicted molar refractivity (Wildman–Crippen MR) is 42.6 cm³/mol. The second-order valence-electron chi connectivity index (χ2n) is 2.65. The topological polar surface area (TPSA) is 63.3 Å². The summed E-state index contributed by atoms with van der Waals surface area (Å²) < 4.78 is 25.4. The lowest BCUT2D eigenvalue weighted by atomic mass is 9.99. The van der Waals surface area contributed by atoms with Crippen LogP contribution in [0.1, 0.15) is 13.8 Å². The minimum Gasteiger partial charge on any atom is -0.480 e. The van der Waals surface area contributed by atoms with E-state index in [1.54, 1.807) is 0 Å². The smallest absolute Gasteiger partial charge is 0.326 e. The Hall–Kier alpha value is -0.420. The van der Waals surface area contributed by atoms with Crippen molar-refractivity contribution in [1.29, 1.82) is 0 Å². The number of aliphatic carboxylic acids is 1. The summed E-state index contributed by atoms with van der Waals surface area (Å²) in [6, 6.07) is -2.11. The Kier molecular flexibility index (Phi) is 5.38. The maximum atomic E-state index is 12.7. The number of carbonyl (C=O) groups is 1. The normalized spacial score (nSPS) is 13.8. The molecule has 0 aromatic carbocycles. The summed E-state index contributed by atoms with van der Waals surface area (Å²) in [5.41, 5.74) is 4.75. The van der Waals surface area contributed by atoms with Crippen molar-refractivity contribution in [1.82, 2.24) is 0 Å². The van der Waals surface area contributed by atoms with Crippen molar-refractivity contribution in [2.24, 2.45) is 11.7 Å². The van der Waals surface area contributed by atoms with Crippen LogP contribution in [0.25, 0.3) is 0 Å². The van der Waals surface area contributed by atoms with Crippen LogP contribution in [0.2, 0.25) is 0 Å². The minimum atomic E-state index is -3.34. The van der Waals surface area contributed by atoms with E-state index in [4.69, 9.17) is 10.8 Å². The predicted octanol–water partition coefficient (Wildman–Crippen LogP) is 1.11. The van der Waals surface area contributed by atoms with Crippen LogP contribution in [0, 0.1) is 5.92 Å². The second-order valence-corrected chi connectivity index (χ2v) is 2.65. The number of carboxylic acid groups (broad SMARTS) is 1. The Labute approximate surface area is 75.3 Å². The number of halogens is 3. The molecule has 0 rings (SSSR count). The molecule has 0 spiro atoms. The number of hydrogen-bond acceptors (Lipinski definition) is 2. The molecular weight excluding hydrogens is 192 g/mol. The van der Waals surface area contributed by atoms with Crippen LogP contribution >= 0.6 is 12.4 Å². The van der Waals surface area contributed by atoms with Crippen molar-refractivity contribution in [2.45, 2.75) is 25.8 Å². The van der Waals surface area contributed by atoms with Crippen molar-refractivity contribution < 1.29 is 18.7 Å². The van der Waals surface area contributed by atoms with Crippen LogP contribution in [-0.2, 0) is 4.79 Å². The van der Waals surface area contributed by atoms with Crippen LogP contribution in [-0.4, -0.2) is 23.0 Å². The van der Waals surface area contributed by atoms with Crippen LogP contribution in [0.15, 0.2) is 0 Å². The fourth-order valence-electron chi connectivity index (χ4n) is 0.524. The SMILES string of the molecule is CC(C)C(F)(F)C(N)C(=O)O.Cl. The van der Waals surface area contributed by atoms with Crippen LogP contribution in [0.5, 0.6) is 0 Å². The van der Waals surface area contributed by atoms with Gasteiger partial charge in [-0.25, -0.2) is 8.78 Å². The van der Waals surface area contributed by atoms with E-state index in [9.17, 15) is 13.6 Å². The quantitative estimate of drug-likeness (QED) is 0.722. The van der Waals surface area contributed by atoms with Crippen molar-refractivity contribution in [2.75, 3.05) is 0 Å². The average Bonchev–Trinajstić information content (AvgIpc) is 1.85. The largest absolute Gasteiger partial charge is 0.480 e. The van der Waals surface area contributed by atoms with Gasteiger partial charge < -0.3 is 10.8 Å². The molecule has 0 saturated carbocycles. The monoisotopic (exact) mass is 203 g/mol. The van der Waals surface area contributed by atoms with E-state index < -0.39 is 23.9 Å². The standard InChI is InChI=1S/C6H11F2NO2.ClH/c1-3(2)6(7,8)4(9)5(10)11;/h3-4H,9H2,1-2H3,(H,10,11);1H. The molecule has 0 radical (unpaired) electrons. The van der Waals surface area contributed by atoms with Gasteiger partial charge in [0.1, 0.15) is 0 Å². The molecule has 0 fully saturated rings. The molecule has 3 nitrogen and oxygen atoms in total. The summed E-state index contributed by atoms with van der Waals surface area (Å²) in [5.74, 6) is -6.08. The second kappa shape index (κ2) is 4.57. The fraction of sp³-hybridized carbons (Fsp3) is 0.833. The molecule has 74 valence electrons. The third kappa shape index (κ3) is 2.91. The minimum absolute atomic E-state index is 0. The lowest BCUT2D eigenvalue weighted by molar-refractivity contribution is -0.152. The zero-order chi connectivity index (χ0) is 9.23. The van der Waals surface area contributed by atoms with Crippen LogP contribution in [0.3, 0.4) is 0 Å². The molecule has 0 heterocycles. The van der Waals surface area contributed by atoms with Gasteiger partial charge in [0.25, 0.3) is 5.92 Å². The molecule has 0 saturated heterocycles. The molecule has 3 N–H and O–H groups in total. The van der Waals surface area contributed by atoms with Gasteiger partial charge in [-0.05, 0) is 0 Å². The Morgan fingerprint density at radius 2 is 1.83 bits per heavy atom. The van der Waals surface area contributed by atoms with Gasteiger partial charge in [0, 0.05) is 5.92 Å². The summed E-state index contributed by atoms with van der Waals surface area (Å²) >= 11 is 0. The van der Waals surface area contributed by atoms with E-state index >= 15 is 0 Å². The maximum Gasteiger partial charge on any atom is 0.326 e. The van der Waals surface area contributed by atoms with Gasteiger partial charge in [-0.2, -0.15) is 0 Å². The summed E-state index contributed by atoms with van der Waals surface area (Å²) in [4.78, 5) is 10.0. The molecule has 6 heteroatoms. The average molecular weight is 204 g/mol. The van der Waals surface area contributed by atoms with E-state index in [0.29, 0.717) is 0 Å². The summed E-state index contributed by atoms with van der Waals surface area (Å²) in [7, 11) is 0. The lowest BCUT2D eigenvalue weighted by Gasteiger charge is -2.23. The number of carboxylic acids is 1. The van der Waals surface area contributed by atoms with E-state index in [1.165, 1.54) is 13.8 Å². The highest BCUT2D eigenvalue weighted by Crippen LogP contribution is 2.26. The molecular formula is C6H12ClF2NO2. The molecule has 0 aliphatic heterocycles. The number of alkyl halides is 2. The van der Waals surface area contributed by atoms with Gasteiger partial charge in [0.2, 0.25) is 0 Å². The van der Waals surface area contributed by atoms with E-state index in [1.807, 2.05) is 0 Å². The Bertz CT molecular complexity index is 164. The van der Waals surface area contributed by atoms with Crippen LogP contribution < -0.4 is 5.73 Å². The number of nitrogens with two attached hydrogens (primary N) is 1. The molecule has 0 aliphatic carbocycles. The van der Waals surface area contributed by atoms with Crippen LogP contribution in [0.4, 0.5) is 8.78 Å². The first kappa shape index (κ1) is 14.1. The van der Waals surface area contributed by atoms with Crippen molar-refractivity contribution >= 4 is 18.4 Å². The molecule has 1 unspecified atom stereocenters. The lowest BCUT2D eigenvalue weighted by Crippen LogP contribution is -2.50. The molecule has 0 aliphatic rings. The van der Waals surface area contributed by atoms with E-state index in [2.05, 4.69) is 0 Å². The zero-order valence-electron chi connectivity index (χ0n) is 6.75. The Balaban J connectivity index is 0. The number of rotatable bonds is 3. The molecule has 0 amide bonds. The number of hydrogen-bond donors (Lipinski definition) is 2. The zero-order valence-corrected chi connectivity index (χ0v) is 7.57. The Morgan fingerprint density at radius 1 is 1.50 bits per heavy atom. The highest BCUT2D eigenvalue weighted by Gasteiger charge is 2.44. The molecule has 1 atom stereocenters. The van der Waals surface area contributed by atoms with Gasteiger partial charge in [-0.1, -0.05) is 13.8 Å².